The molecule has 1 aromatic heterocycles. The lowest BCUT2D eigenvalue weighted by Crippen LogP contribution is -2.45. The molecule has 0 aliphatic carbocycles. The first kappa shape index (κ1) is 18.2. The number of rotatable bonds is 5. The summed E-state index contributed by atoms with van der Waals surface area (Å²) in [5.74, 6) is -0.300. The number of aromatic nitrogens is 1. The average Bonchev–Trinajstić information content (AvgIpc) is 2.67. The minimum Gasteiger partial charge on any atom is -0.341 e. The lowest BCUT2D eigenvalue weighted by atomic mass is 9.84. The highest BCUT2D eigenvalue weighted by atomic mass is 35.5. The normalized spacial score (nSPS) is 11.5. The Morgan fingerprint density at radius 1 is 1.08 bits per heavy atom. The van der Waals surface area contributed by atoms with E-state index in [0.717, 1.165) is 10.9 Å². The standard InChI is InChI=1S/C21H21ClN2O2/c1-3-21(4-2,15-9-11-16(22)12-10-15)24-20(26)18-13-14-7-5-6-8-17(14)19(25)23-18/h5-13H,3-4H2,1-2H3,(H,23,25)(H,24,26). The molecule has 0 spiro atoms. The van der Waals surface area contributed by atoms with Crippen LogP contribution in [0, 0.1) is 0 Å². The van der Waals surface area contributed by atoms with Gasteiger partial charge in [-0.1, -0.05) is 55.8 Å². The fourth-order valence-electron chi connectivity index (χ4n) is 3.29. The Morgan fingerprint density at radius 3 is 2.38 bits per heavy atom. The van der Waals surface area contributed by atoms with E-state index < -0.39 is 5.54 Å². The first-order chi connectivity index (χ1) is 12.5. The fraction of sp³-hybridized carbons (Fsp3) is 0.238. The van der Waals surface area contributed by atoms with Crippen molar-refractivity contribution in [3.63, 3.8) is 0 Å². The van der Waals surface area contributed by atoms with Crippen molar-refractivity contribution < 1.29 is 4.79 Å². The second-order valence-electron chi connectivity index (χ2n) is 6.35. The molecule has 0 saturated carbocycles. The number of carbonyl (C=O) groups excluding carboxylic acids is 1. The topological polar surface area (TPSA) is 62.0 Å². The Labute approximate surface area is 157 Å². The van der Waals surface area contributed by atoms with Crippen molar-refractivity contribution >= 4 is 28.3 Å². The van der Waals surface area contributed by atoms with Crippen LogP contribution in [-0.4, -0.2) is 10.9 Å². The number of hydrogen-bond acceptors (Lipinski definition) is 2. The molecule has 1 amide bonds. The van der Waals surface area contributed by atoms with Gasteiger partial charge in [-0.3, -0.25) is 9.59 Å². The van der Waals surface area contributed by atoms with Crippen LogP contribution in [0.3, 0.4) is 0 Å². The first-order valence-corrected chi connectivity index (χ1v) is 9.07. The van der Waals surface area contributed by atoms with Crippen LogP contribution in [0.1, 0.15) is 42.7 Å². The van der Waals surface area contributed by atoms with E-state index in [9.17, 15) is 9.59 Å². The molecule has 3 rings (SSSR count). The van der Waals surface area contributed by atoms with Crippen LogP contribution in [0.4, 0.5) is 0 Å². The van der Waals surface area contributed by atoms with Crippen LogP contribution < -0.4 is 10.9 Å². The molecule has 0 bridgehead atoms. The molecular weight excluding hydrogens is 348 g/mol. The van der Waals surface area contributed by atoms with Crippen molar-refractivity contribution in [3.8, 4) is 0 Å². The van der Waals surface area contributed by atoms with Crippen LogP contribution in [0.5, 0.6) is 0 Å². The molecule has 1 heterocycles. The molecule has 134 valence electrons. The number of halogens is 1. The van der Waals surface area contributed by atoms with Gasteiger partial charge in [-0.25, -0.2) is 0 Å². The van der Waals surface area contributed by atoms with Gasteiger partial charge in [0.05, 0.1) is 5.54 Å². The summed E-state index contributed by atoms with van der Waals surface area (Å²) < 4.78 is 0. The number of fused-ring (bicyclic) bond motifs is 1. The number of amides is 1. The second-order valence-corrected chi connectivity index (χ2v) is 6.79. The van der Waals surface area contributed by atoms with Gasteiger partial charge in [0.15, 0.2) is 0 Å². The number of hydrogen-bond donors (Lipinski definition) is 2. The molecule has 0 saturated heterocycles. The molecule has 3 aromatic rings. The van der Waals surface area contributed by atoms with Crippen molar-refractivity contribution in [1.29, 1.82) is 0 Å². The third-order valence-electron chi connectivity index (χ3n) is 4.95. The van der Waals surface area contributed by atoms with E-state index in [0.29, 0.717) is 23.3 Å². The quantitative estimate of drug-likeness (QED) is 0.689. The summed E-state index contributed by atoms with van der Waals surface area (Å²) in [6.45, 7) is 4.06. The third kappa shape index (κ3) is 3.37. The summed E-state index contributed by atoms with van der Waals surface area (Å²) in [6, 6.07) is 16.4. The van der Waals surface area contributed by atoms with Gasteiger partial charge in [0.25, 0.3) is 11.5 Å². The minimum absolute atomic E-state index is 0.258. The lowest BCUT2D eigenvalue weighted by molar-refractivity contribution is 0.0884. The van der Waals surface area contributed by atoms with Crippen molar-refractivity contribution in [2.24, 2.45) is 0 Å². The Hall–Kier alpha value is -2.59. The van der Waals surface area contributed by atoms with E-state index >= 15 is 0 Å². The highest BCUT2D eigenvalue weighted by Gasteiger charge is 2.31. The maximum atomic E-state index is 12.9. The van der Waals surface area contributed by atoms with E-state index in [4.69, 9.17) is 11.6 Å². The number of nitrogens with one attached hydrogen (secondary N) is 2. The molecular formula is C21H21ClN2O2. The Bertz CT molecular complexity index is 989. The Kier molecular flexibility index (Phi) is 5.14. The van der Waals surface area contributed by atoms with E-state index in [-0.39, 0.29) is 17.2 Å². The Morgan fingerprint density at radius 2 is 1.73 bits per heavy atom. The molecule has 0 unspecified atom stereocenters. The fourth-order valence-corrected chi connectivity index (χ4v) is 3.42. The highest BCUT2D eigenvalue weighted by Crippen LogP contribution is 2.30. The summed E-state index contributed by atoms with van der Waals surface area (Å²) in [6.07, 6.45) is 1.43. The predicted octanol–water partition coefficient (Wildman–Crippen LogP) is 4.63. The lowest BCUT2D eigenvalue weighted by Gasteiger charge is -2.33. The minimum atomic E-state index is -0.524. The van der Waals surface area contributed by atoms with Crippen LogP contribution >= 0.6 is 11.6 Å². The molecule has 2 N–H and O–H groups in total. The van der Waals surface area contributed by atoms with Gasteiger partial charge in [-0.05, 0) is 48.1 Å². The van der Waals surface area contributed by atoms with Crippen LogP contribution in [0.25, 0.3) is 10.8 Å². The van der Waals surface area contributed by atoms with Crippen LogP contribution in [-0.2, 0) is 5.54 Å². The van der Waals surface area contributed by atoms with Gasteiger partial charge < -0.3 is 10.3 Å². The van der Waals surface area contributed by atoms with Gasteiger partial charge in [0.2, 0.25) is 0 Å². The zero-order valence-corrected chi connectivity index (χ0v) is 15.6. The predicted molar refractivity (Wildman–Crippen MR) is 106 cm³/mol. The van der Waals surface area contributed by atoms with Gasteiger partial charge in [0, 0.05) is 10.4 Å². The average molecular weight is 369 g/mol. The molecule has 26 heavy (non-hydrogen) atoms. The number of aromatic amines is 1. The van der Waals surface area contributed by atoms with Crippen molar-refractivity contribution in [2.75, 3.05) is 0 Å². The zero-order valence-electron chi connectivity index (χ0n) is 14.8. The van der Waals surface area contributed by atoms with Gasteiger partial charge in [-0.2, -0.15) is 0 Å². The van der Waals surface area contributed by atoms with E-state index in [1.54, 1.807) is 18.2 Å². The molecule has 0 aliphatic rings. The first-order valence-electron chi connectivity index (χ1n) is 8.69. The van der Waals surface area contributed by atoms with E-state index in [1.807, 2.05) is 50.2 Å². The monoisotopic (exact) mass is 368 g/mol. The molecule has 0 atom stereocenters. The number of carbonyl (C=O) groups is 1. The molecule has 0 radical (unpaired) electrons. The number of benzene rings is 2. The van der Waals surface area contributed by atoms with E-state index in [2.05, 4.69) is 10.3 Å². The summed E-state index contributed by atoms with van der Waals surface area (Å²) >= 11 is 6.00. The summed E-state index contributed by atoms with van der Waals surface area (Å²) in [4.78, 5) is 27.9. The van der Waals surface area contributed by atoms with Gasteiger partial charge in [-0.15, -0.1) is 0 Å². The van der Waals surface area contributed by atoms with Crippen molar-refractivity contribution in [3.05, 3.63) is 81.2 Å². The molecule has 0 fully saturated rings. The van der Waals surface area contributed by atoms with Gasteiger partial charge in [0.1, 0.15) is 5.69 Å². The maximum Gasteiger partial charge on any atom is 0.268 e. The summed E-state index contributed by atoms with van der Waals surface area (Å²) in [5.41, 5.74) is 0.458. The third-order valence-corrected chi connectivity index (χ3v) is 5.21. The molecule has 0 aliphatic heterocycles. The van der Waals surface area contributed by atoms with E-state index in [1.165, 1.54) is 0 Å². The van der Waals surface area contributed by atoms with Crippen LogP contribution in [0.2, 0.25) is 5.02 Å². The van der Waals surface area contributed by atoms with Crippen LogP contribution in [0.15, 0.2) is 59.4 Å². The SMILES string of the molecule is CCC(CC)(NC(=O)c1cc2ccccc2c(=O)[nH]1)c1ccc(Cl)cc1. The Balaban J connectivity index is 1.98. The number of H-pyrrole nitrogens is 1. The smallest absolute Gasteiger partial charge is 0.268 e. The second kappa shape index (κ2) is 7.34. The summed E-state index contributed by atoms with van der Waals surface area (Å²) in [7, 11) is 0. The summed E-state index contributed by atoms with van der Waals surface area (Å²) in [5, 5.41) is 5.09. The highest BCUT2D eigenvalue weighted by molar-refractivity contribution is 6.30. The largest absolute Gasteiger partial charge is 0.341 e. The maximum absolute atomic E-state index is 12.9. The molecule has 4 nitrogen and oxygen atoms in total. The number of pyridine rings is 1. The van der Waals surface area contributed by atoms with Crippen molar-refractivity contribution in [1.82, 2.24) is 10.3 Å². The molecule has 5 heteroatoms. The zero-order chi connectivity index (χ0) is 18.7. The van der Waals surface area contributed by atoms with Crippen molar-refractivity contribution in [2.45, 2.75) is 32.2 Å². The van der Waals surface area contributed by atoms with Gasteiger partial charge >= 0.3 is 0 Å². The molecule has 2 aromatic carbocycles.